The normalized spacial score (nSPS) is 19.9. The van der Waals surface area contributed by atoms with Crippen molar-refractivity contribution < 1.29 is 32.9 Å². The van der Waals surface area contributed by atoms with Gasteiger partial charge in [-0.1, -0.05) is 20.8 Å². The number of nitrogen functional groups attached to an aromatic ring is 1. The Morgan fingerprint density at radius 1 is 1.15 bits per heavy atom. The molecule has 9 heteroatoms. The molecule has 2 aromatic carbocycles. The van der Waals surface area contributed by atoms with Gasteiger partial charge in [-0.25, -0.2) is 13.6 Å². The smallest absolute Gasteiger partial charge is 0.348 e. The number of aliphatic carboxylic acids is 1. The second-order valence-electron chi connectivity index (χ2n) is 9.16. The molecule has 7 nitrogen and oxygen atoms in total. The minimum absolute atomic E-state index is 0.0748. The van der Waals surface area contributed by atoms with E-state index in [1.165, 1.54) is 25.4 Å². The maximum Gasteiger partial charge on any atom is 0.348 e. The number of carboxylic acids is 1. The van der Waals surface area contributed by atoms with Crippen LogP contribution in [0.2, 0.25) is 0 Å². The van der Waals surface area contributed by atoms with Crippen LogP contribution in [0.3, 0.4) is 0 Å². The molecule has 0 aliphatic heterocycles. The average Bonchev–Trinajstić information content (AvgIpc) is 3.47. The Kier molecular flexibility index (Phi) is 5.30. The summed E-state index contributed by atoms with van der Waals surface area (Å²) in [6.45, 7) is 5.86. The molecule has 0 spiro atoms. The first-order valence-electron chi connectivity index (χ1n) is 10.3. The van der Waals surface area contributed by atoms with E-state index in [4.69, 9.17) is 19.9 Å². The number of carbonyl (C=O) groups is 1. The van der Waals surface area contributed by atoms with Gasteiger partial charge in [0.2, 0.25) is 5.60 Å². The molecule has 1 heterocycles. The maximum absolute atomic E-state index is 14.3. The van der Waals surface area contributed by atoms with Crippen LogP contribution >= 0.6 is 0 Å². The van der Waals surface area contributed by atoms with E-state index in [2.05, 4.69) is 4.98 Å². The third-order valence-electron chi connectivity index (χ3n) is 5.83. The van der Waals surface area contributed by atoms with Gasteiger partial charge in [-0.2, -0.15) is 0 Å². The summed E-state index contributed by atoms with van der Waals surface area (Å²) in [6, 6.07) is 6.41. The standard InChI is InChI=1S/C24H24F2N2O5/c1-23(2,3)20-11-24(20,22(29)30)33-19-9-13-16(10-18(19)31-4)28-6-5-17(13)32-21-14(25)7-12(27)8-15(21)26/h5-10,20H,11,27H2,1-4H3,(H,29,30). The molecule has 1 saturated carbocycles. The number of ether oxygens (including phenoxy) is 3. The van der Waals surface area contributed by atoms with Gasteiger partial charge in [0.05, 0.1) is 12.6 Å². The minimum atomic E-state index is -1.41. The number of pyridine rings is 1. The van der Waals surface area contributed by atoms with E-state index in [1.54, 1.807) is 6.07 Å². The molecule has 1 aromatic heterocycles. The summed E-state index contributed by atoms with van der Waals surface area (Å²) in [4.78, 5) is 16.4. The Bertz CT molecular complexity index is 1230. The highest BCUT2D eigenvalue weighted by molar-refractivity contribution is 5.89. The first kappa shape index (κ1) is 22.6. The van der Waals surface area contributed by atoms with Crippen molar-refractivity contribution in [2.24, 2.45) is 11.3 Å². The molecule has 0 radical (unpaired) electrons. The zero-order valence-electron chi connectivity index (χ0n) is 18.6. The van der Waals surface area contributed by atoms with E-state index in [9.17, 15) is 18.7 Å². The van der Waals surface area contributed by atoms with Crippen LogP contribution in [0.5, 0.6) is 23.0 Å². The zero-order chi connectivity index (χ0) is 24.1. The van der Waals surface area contributed by atoms with Crippen LogP contribution < -0.4 is 19.9 Å². The number of hydrogen-bond donors (Lipinski definition) is 2. The van der Waals surface area contributed by atoms with Gasteiger partial charge < -0.3 is 25.1 Å². The molecule has 2 atom stereocenters. The number of methoxy groups -OCH3 is 1. The van der Waals surface area contributed by atoms with Crippen molar-refractivity contribution in [1.29, 1.82) is 0 Å². The lowest BCUT2D eigenvalue weighted by Crippen LogP contribution is -2.35. The minimum Gasteiger partial charge on any atom is -0.493 e. The van der Waals surface area contributed by atoms with Crippen molar-refractivity contribution in [3.05, 3.63) is 48.2 Å². The molecule has 4 rings (SSSR count). The maximum atomic E-state index is 14.3. The van der Waals surface area contributed by atoms with Crippen LogP contribution in [-0.4, -0.2) is 28.8 Å². The third kappa shape index (κ3) is 3.99. The number of aromatic nitrogens is 1. The van der Waals surface area contributed by atoms with Crippen LogP contribution in [0.15, 0.2) is 36.5 Å². The first-order chi connectivity index (χ1) is 15.5. The second kappa shape index (κ2) is 7.75. The van der Waals surface area contributed by atoms with Crippen molar-refractivity contribution in [3.8, 4) is 23.0 Å². The van der Waals surface area contributed by atoms with Crippen LogP contribution in [0.25, 0.3) is 10.9 Å². The SMILES string of the molecule is COc1cc2nccc(Oc3c(F)cc(N)cc3F)c2cc1OC1(C(=O)O)CC1C(C)(C)C. The molecule has 1 aliphatic carbocycles. The Morgan fingerprint density at radius 3 is 2.36 bits per heavy atom. The lowest BCUT2D eigenvalue weighted by molar-refractivity contribution is -0.149. The van der Waals surface area contributed by atoms with E-state index in [0.29, 0.717) is 17.3 Å². The van der Waals surface area contributed by atoms with E-state index >= 15 is 0 Å². The summed E-state index contributed by atoms with van der Waals surface area (Å²) >= 11 is 0. The number of nitrogens with zero attached hydrogens (tertiary/aromatic N) is 1. The van der Waals surface area contributed by atoms with Gasteiger partial charge in [0.1, 0.15) is 5.75 Å². The zero-order valence-corrected chi connectivity index (χ0v) is 18.6. The highest BCUT2D eigenvalue weighted by Crippen LogP contribution is 2.57. The van der Waals surface area contributed by atoms with Gasteiger partial charge in [0.15, 0.2) is 28.9 Å². The summed E-state index contributed by atoms with van der Waals surface area (Å²) in [5, 5.41) is 10.3. The van der Waals surface area contributed by atoms with E-state index in [0.717, 1.165) is 12.1 Å². The molecule has 1 aliphatic rings. The molecule has 2 unspecified atom stereocenters. The summed E-state index contributed by atoms with van der Waals surface area (Å²) in [7, 11) is 1.43. The molecule has 0 bridgehead atoms. The van der Waals surface area contributed by atoms with Gasteiger partial charge in [-0.15, -0.1) is 0 Å². The number of benzene rings is 2. The van der Waals surface area contributed by atoms with Crippen molar-refractivity contribution in [3.63, 3.8) is 0 Å². The topological polar surface area (TPSA) is 104 Å². The van der Waals surface area contributed by atoms with E-state index < -0.39 is 29.0 Å². The Hall–Kier alpha value is -3.62. The molecule has 3 N–H and O–H groups in total. The van der Waals surface area contributed by atoms with Crippen molar-refractivity contribution >= 4 is 22.6 Å². The average molecular weight is 458 g/mol. The summed E-state index contributed by atoms with van der Waals surface area (Å²) in [6.07, 6.45) is 1.76. The molecule has 1 fully saturated rings. The lowest BCUT2D eigenvalue weighted by atomic mass is 9.88. The molecule has 174 valence electrons. The fourth-order valence-electron chi connectivity index (χ4n) is 4.08. The van der Waals surface area contributed by atoms with Gasteiger partial charge >= 0.3 is 5.97 Å². The fraction of sp³-hybridized carbons (Fsp3) is 0.333. The number of anilines is 1. The van der Waals surface area contributed by atoms with Gasteiger partial charge in [0.25, 0.3) is 0 Å². The molecular weight excluding hydrogens is 434 g/mol. The van der Waals surface area contributed by atoms with Crippen molar-refractivity contribution in [2.75, 3.05) is 12.8 Å². The van der Waals surface area contributed by atoms with E-state index in [1.807, 2.05) is 20.8 Å². The Labute approximate surface area is 189 Å². The molecular formula is C24H24F2N2O5. The monoisotopic (exact) mass is 458 g/mol. The number of halogens is 2. The van der Waals surface area contributed by atoms with Gasteiger partial charge in [-0.05, 0) is 17.5 Å². The predicted octanol–water partition coefficient (Wildman–Crippen LogP) is 5.16. The van der Waals surface area contributed by atoms with Crippen LogP contribution in [-0.2, 0) is 4.79 Å². The third-order valence-corrected chi connectivity index (χ3v) is 5.83. The predicted molar refractivity (Wildman–Crippen MR) is 118 cm³/mol. The lowest BCUT2D eigenvalue weighted by Gasteiger charge is -2.24. The van der Waals surface area contributed by atoms with Crippen LogP contribution in [0.4, 0.5) is 14.5 Å². The number of nitrogens with two attached hydrogens (primary N) is 1. The highest BCUT2D eigenvalue weighted by Gasteiger charge is 2.67. The molecule has 33 heavy (non-hydrogen) atoms. The highest BCUT2D eigenvalue weighted by atomic mass is 19.1. The van der Waals surface area contributed by atoms with Crippen LogP contribution in [0.1, 0.15) is 27.2 Å². The Balaban J connectivity index is 1.79. The van der Waals surface area contributed by atoms with E-state index in [-0.39, 0.29) is 34.3 Å². The van der Waals surface area contributed by atoms with Crippen LogP contribution in [0, 0.1) is 23.0 Å². The quantitative estimate of drug-likeness (QED) is 0.492. The first-order valence-corrected chi connectivity index (χ1v) is 10.3. The van der Waals surface area contributed by atoms with Gasteiger partial charge in [0, 0.05) is 47.8 Å². The van der Waals surface area contributed by atoms with Gasteiger partial charge in [-0.3, -0.25) is 4.98 Å². The second-order valence-corrected chi connectivity index (χ2v) is 9.16. The molecule has 0 amide bonds. The molecule has 0 saturated heterocycles. The number of rotatable bonds is 6. The number of hydrogen-bond acceptors (Lipinski definition) is 6. The fourth-order valence-corrected chi connectivity index (χ4v) is 4.08. The number of carboxylic acid groups (broad SMARTS) is 1. The largest absolute Gasteiger partial charge is 0.493 e. The summed E-state index contributed by atoms with van der Waals surface area (Å²) < 4.78 is 45.6. The molecule has 3 aromatic rings. The Morgan fingerprint density at radius 2 is 1.82 bits per heavy atom. The van der Waals surface area contributed by atoms with Crippen molar-refractivity contribution in [2.45, 2.75) is 32.8 Å². The van der Waals surface area contributed by atoms with Crippen molar-refractivity contribution in [1.82, 2.24) is 4.98 Å². The summed E-state index contributed by atoms with van der Waals surface area (Å²) in [5.41, 5.74) is 4.10. The number of fused-ring (bicyclic) bond motifs is 1. The summed E-state index contributed by atoms with van der Waals surface area (Å²) in [5.74, 6) is -3.29.